The van der Waals surface area contributed by atoms with Gasteiger partial charge in [0.05, 0.1) is 11.8 Å². The Hall–Kier alpha value is -2.12. The lowest BCUT2D eigenvalue weighted by Crippen LogP contribution is -2.06. The molecule has 0 saturated heterocycles. The Labute approximate surface area is 106 Å². The van der Waals surface area contributed by atoms with E-state index in [0.29, 0.717) is 5.82 Å². The minimum absolute atomic E-state index is 0.232. The zero-order valence-corrected chi connectivity index (χ0v) is 9.72. The summed E-state index contributed by atoms with van der Waals surface area (Å²) in [7, 11) is 0. The van der Waals surface area contributed by atoms with Gasteiger partial charge >= 0.3 is 6.18 Å². The Morgan fingerprint density at radius 3 is 2.58 bits per heavy atom. The number of halogens is 3. The van der Waals surface area contributed by atoms with E-state index in [1.807, 2.05) is 0 Å². The summed E-state index contributed by atoms with van der Waals surface area (Å²) in [5, 5.41) is 3.67. The Morgan fingerprint density at radius 2 is 2.00 bits per heavy atom. The predicted molar refractivity (Wildman–Crippen MR) is 60.5 cm³/mol. The number of hydrogen-bond acceptors (Lipinski definition) is 4. The molecule has 3 rings (SSSR count). The SMILES string of the molecule is Nc1cc(-n2cc(C(F)(F)F)cn2)nc(C2CC2)n1. The molecule has 0 spiro atoms. The van der Waals surface area contributed by atoms with Gasteiger partial charge < -0.3 is 5.73 Å². The van der Waals surface area contributed by atoms with Gasteiger partial charge in [0.15, 0.2) is 5.82 Å². The fourth-order valence-electron chi connectivity index (χ4n) is 1.71. The molecule has 2 aromatic heterocycles. The molecule has 0 radical (unpaired) electrons. The van der Waals surface area contributed by atoms with Gasteiger partial charge in [0.25, 0.3) is 0 Å². The third-order valence-corrected chi connectivity index (χ3v) is 2.84. The number of hydrogen-bond donors (Lipinski definition) is 1. The first-order valence-electron chi connectivity index (χ1n) is 5.70. The molecule has 100 valence electrons. The Bertz CT molecular complexity index is 615. The van der Waals surface area contributed by atoms with E-state index in [9.17, 15) is 13.2 Å². The van der Waals surface area contributed by atoms with E-state index < -0.39 is 11.7 Å². The van der Waals surface area contributed by atoms with Crippen molar-refractivity contribution in [3.8, 4) is 5.82 Å². The first-order chi connectivity index (χ1) is 8.93. The number of nitrogens with two attached hydrogens (primary N) is 1. The summed E-state index contributed by atoms with van der Waals surface area (Å²) in [4.78, 5) is 8.28. The van der Waals surface area contributed by atoms with Gasteiger partial charge in [-0.1, -0.05) is 0 Å². The minimum atomic E-state index is -4.42. The molecule has 1 fully saturated rings. The lowest BCUT2D eigenvalue weighted by molar-refractivity contribution is -0.137. The quantitative estimate of drug-likeness (QED) is 0.906. The lowest BCUT2D eigenvalue weighted by Gasteiger charge is -2.05. The molecule has 0 atom stereocenters. The number of nitrogen functional groups attached to an aromatic ring is 1. The summed E-state index contributed by atoms with van der Waals surface area (Å²) >= 11 is 0. The van der Waals surface area contributed by atoms with E-state index in [2.05, 4.69) is 15.1 Å². The third-order valence-electron chi connectivity index (χ3n) is 2.84. The first kappa shape index (κ1) is 11.9. The van der Waals surface area contributed by atoms with Crippen molar-refractivity contribution in [2.45, 2.75) is 24.9 Å². The van der Waals surface area contributed by atoms with Crippen LogP contribution < -0.4 is 5.73 Å². The van der Waals surface area contributed by atoms with Crippen LogP contribution in [-0.4, -0.2) is 19.7 Å². The number of rotatable bonds is 2. The second-order valence-corrected chi connectivity index (χ2v) is 4.45. The van der Waals surface area contributed by atoms with Gasteiger partial charge in [-0.15, -0.1) is 0 Å². The van der Waals surface area contributed by atoms with Gasteiger partial charge in [-0.3, -0.25) is 0 Å². The molecule has 1 aliphatic rings. The summed E-state index contributed by atoms with van der Waals surface area (Å²) in [6.45, 7) is 0. The average Bonchev–Trinajstić information content (AvgIpc) is 3.03. The van der Waals surface area contributed by atoms with E-state index >= 15 is 0 Å². The van der Waals surface area contributed by atoms with E-state index in [4.69, 9.17) is 5.73 Å². The summed E-state index contributed by atoms with van der Waals surface area (Å²) in [6, 6.07) is 1.40. The molecule has 0 unspecified atom stereocenters. The van der Waals surface area contributed by atoms with Crippen LogP contribution >= 0.6 is 0 Å². The highest BCUT2D eigenvalue weighted by Gasteiger charge is 2.32. The maximum absolute atomic E-state index is 12.5. The molecular weight excluding hydrogens is 259 g/mol. The second kappa shape index (κ2) is 3.94. The van der Waals surface area contributed by atoms with E-state index in [1.165, 1.54) is 6.07 Å². The number of aromatic nitrogens is 4. The molecule has 0 aliphatic heterocycles. The predicted octanol–water partition coefficient (Wildman–Crippen LogP) is 2.14. The summed E-state index contributed by atoms with van der Waals surface area (Å²) in [5.74, 6) is 1.32. The molecule has 2 heterocycles. The van der Waals surface area contributed by atoms with Gasteiger partial charge in [-0.25, -0.2) is 14.6 Å². The van der Waals surface area contributed by atoms with Gasteiger partial charge in [0.2, 0.25) is 0 Å². The van der Waals surface area contributed by atoms with Crippen molar-refractivity contribution in [2.24, 2.45) is 0 Å². The van der Waals surface area contributed by atoms with Crippen LogP contribution in [0.25, 0.3) is 5.82 Å². The topological polar surface area (TPSA) is 69.6 Å². The minimum Gasteiger partial charge on any atom is -0.384 e. The van der Waals surface area contributed by atoms with Crippen LogP contribution in [-0.2, 0) is 6.18 Å². The van der Waals surface area contributed by atoms with E-state index in [1.54, 1.807) is 0 Å². The molecule has 1 saturated carbocycles. The highest BCUT2D eigenvalue weighted by atomic mass is 19.4. The second-order valence-electron chi connectivity index (χ2n) is 4.45. The molecule has 1 aliphatic carbocycles. The Morgan fingerprint density at radius 1 is 1.26 bits per heavy atom. The summed E-state index contributed by atoms with van der Waals surface area (Å²) < 4.78 is 38.6. The maximum Gasteiger partial charge on any atom is 0.419 e. The standard InChI is InChI=1S/C11H10F3N5/c12-11(13,14)7-4-16-19(5-7)9-3-8(15)17-10(18-9)6-1-2-6/h3-6H,1-2H2,(H2,15,17,18). The van der Waals surface area contributed by atoms with Crippen LogP contribution in [0.2, 0.25) is 0 Å². The van der Waals surface area contributed by atoms with Crippen molar-refractivity contribution in [2.75, 3.05) is 5.73 Å². The van der Waals surface area contributed by atoms with Crippen molar-refractivity contribution in [1.82, 2.24) is 19.7 Å². The molecule has 0 amide bonds. The number of nitrogens with zero attached hydrogens (tertiary/aromatic N) is 4. The summed E-state index contributed by atoms with van der Waals surface area (Å²) in [6.07, 6.45) is -0.810. The highest BCUT2D eigenvalue weighted by Crippen LogP contribution is 2.38. The zero-order chi connectivity index (χ0) is 13.6. The Kier molecular flexibility index (Phi) is 2.48. The van der Waals surface area contributed by atoms with Crippen LogP contribution in [0.5, 0.6) is 0 Å². The first-order valence-corrected chi connectivity index (χ1v) is 5.70. The fourth-order valence-corrected chi connectivity index (χ4v) is 1.71. The highest BCUT2D eigenvalue weighted by molar-refractivity contribution is 5.38. The molecular formula is C11H10F3N5. The maximum atomic E-state index is 12.5. The van der Waals surface area contributed by atoms with Crippen LogP contribution in [0.15, 0.2) is 18.5 Å². The van der Waals surface area contributed by atoms with E-state index in [0.717, 1.165) is 29.9 Å². The monoisotopic (exact) mass is 269 g/mol. The van der Waals surface area contributed by atoms with Crippen molar-refractivity contribution >= 4 is 5.82 Å². The van der Waals surface area contributed by atoms with E-state index in [-0.39, 0.29) is 17.6 Å². The average molecular weight is 269 g/mol. The van der Waals surface area contributed by atoms with Crippen LogP contribution in [0.3, 0.4) is 0 Å². The van der Waals surface area contributed by atoms with Gasteiger partial charge in [0.1, 0.15) is 11.6 Å². The Balaban J connectivity index is 1.99. The van der Waals surface area contributed by atoms with Crippen molar-refractivity contribution < 1.29 is 13.2 Å². The van der Waals surface area contributed by atoms with Gasteiger partial charge in [-0.2, -0.15) is 18.3 Å². The van der Waals surface area contributed by atoms with Gasteiger partial charge in [0, 0.05) is 18.2 Å². The smallest absolute Gasteiger partial charge is 0.384 e. The normalized spacial score (nSPS) is 15.7. The lowest BCUT2D eigenvalue weighted by atomic mass is 10.3. The third kappa shape index (κ3) is 2.38. The number of anilines is 1. The largest absolute Gasteiger partial charge is 0.419 e. The molecule has 5 nitrogen and oxygen atoms in total. The number of alkyl halides is 3. The summed E-state index contributed by atoms with van der Waals surface area (Å²) in [5.41, 5.74) is 4.82. The van der Waals surface area contributed by atoms with Crippen molar-refractivity contribution in [3.63, 3.8) is 0 Å². The van der Waals surface area contributed by atoms with Crippen LogP contribution in [0.1, 0.15) is 30.1 Å². The fraction of sp³-hybridized carbons (Fsp3) is 0.364. The van der Waals surface area contributed by atoms with Gasteiger partial charge in [-0.05, 0) is 12.8 Å². The van der Waals surface area contributed by atoms with Crippen LogP contribution in [0.4, 0.5) is 19.0 Å². The molecule has 2 aromatic rings. The zero-order valence-electron chi connectivity index (χ0n) is 9.72. The van der Waals surface area contributed by atoms with Crippen molar-refractivity contribution in [1.29, 1.82) is 0 Å². The molecule has 2 N–H and O–H groups in total. The molecule has 8 heteroatoms. The molecule has 0 bridgehead atoms. The molecule has 19 heavy (non-hydrogen) atoms. The van der Waals surface area contributed by atoms with Crippen LogP contribution in [0, 0.1) is 0 Å². The van der Waals surface area contributed by atoms with Crippen molar-refractivity contribution in [3.05, 3.63) is 29.8 Å². The molecule has 0 aromatic carbocycles.